The zero-order chi connectivity index (χ0) is 18.6. The van der Waals surface area contributed by atoms with E-state index in [4.69, 9.17) is 14.5 Å². The summed E-state index contributed by atoms with van der Waals surface area (Å²) in [5.74, 6) is 2.52. The minimum absolute atomic E-state index is 0.738. The highest BCUT2D eigenvalue weighted by molar-refractivity contribution is 5.90. The SMILES string of the molecule is Cc1noc(C)c1CCCNc1nc(-c2ccccc2)nc2ccccc12. The van der Waals surface area contributed by atoms with Crippen molar-refractivity contribution >= 4 is 16.7 Å². The molecule has 2 aromatic heterocycles. The molecular weight excluding hydrogens is 336 g/mol. The number of para-hydroxylation sites is 1. The van der Waals surface area contributed by atoms with Gasteiger partial charge in [-0.15, -0.1) is 0 Å². The fourth-order valence-electron chi connectivity index (χ4n) is 3.26. The van der Waals surface area contributed by atoms with Crippen molar-refractivity contribution in [2.24, 2.45) is 0 Å². The Labute approximate surface area is 158 Å². The molecule has 0 bridgehead atoms. The highest BCUT2D eigenvalue weighted by atomic mass is 16.5. The molecule has 0 spiro atoms. The van der Waals surface area contributed by atoms with E-state index in [0.717, 1.165) is 58.9 Å². The first kappa shape index (κ1) is 17.2. The number of nitrogens with zero attached hydrogens (tertiary/aromatic N) is 3. The molecule has 0 fully saturated rings. The van der Waals surface area contributed by atoms with Gasteiger partial charge in [0.2, 0.25) is 0 Å². The predicted octanol–water partition coefficient (Wildman–Crippen LogP) is 4.95. The topological polar surface area (TPSA) is 63.8 Å². The molecule has 0 radical (unpaired) electrons. The second-order valence-corrected chi connectivity index (χ2v) is 6.61. The molecule has 1 N–H and O–H groups in total. The Balaban J connectivity index is 1.55. The zero-order valence-corrected chi connectivity index (χ0v) is 15.6. The number of aromatic nitrogens is 3. The summed E-state index contributed by atoms with van der Waals surface area (Å²) in [6.45, 7) is 4.77. The maximum Gasteiger partial charge on any atom is 0.162 e. The lowest BCUT2D eigenvalue weighted by molar-refractivity contribution is 0.392. The largest absolute Gasteiger partial charge is 0.369 e. The van der Waals surface area contributed by atoms with Crippen molar-refractivity contribution in [2.75, 3.05) is 11.9 Å². The third kappa shape index (κ3) is 3.67. The molecule has 0 atom stereocenters. The molecule has 4 rings (SSSR count). The predicted molar refractivity (Wildman–Crippen MR) is 108 cm³/mol. The third-order valence-corrected chi connectivity index (χ3v) is 4.71. The number of rotatable bonds is 6. The van der Waals surface area contributed by atoms with Gasteiger partial charge in [0.1, 0.15) is 11.6 Å². The minimum atomic E-state index is 0.738. The van der Waals surface area contributed by atoms with Gasteiger partial charge in [-0.25, -0.2) is 9.97 Å². The van der Waals surface area contributed by atoms with Gasteiger partial charge in [-0.1, -0.05) is 47.6 Å². The molecule has 0 amide bonds. The molecular formula is C22H22N4O. The Hall–Kier alpha value is -3.21. The van der Waals surface area contributed by atoms with E-state index in [1.165, 1.54) is 5.56 Å². The first-order valence-electron chi connectivity index (χ1n) is 9.20. The Morgan fingerprint density at radius 3 is 2.48 bits per heavy atom. The van der Waals surface area contributed by atoms with Gasteiger partial charge in [0.25, 0.3) is 0 Å². The monoisotopic (exact) mass is 358 g/mol. The van der Waals surface area contributed by atoms with E-state index in [2.05, 4.69) is 16.5 Å². The number of hydrogen-bond acceptors (Lipinski definition) is 5. The number of anilines is 1. The van der Waals surface area contributed by atoms with Crippen molar-refractivity contribution in [2.45, 2.75) is 26.7 Å². The first-order chi connectivity index (χ1) is 13.2. The number of aryl methyl sites for hydroxylation is 2. The van der Waals surface area contributed by atoms with Crippen LogP contribution in [0.15, 0.2) is 59.1 Å². The van der Waals surface area contributed by atoms with Crippen molar-refractivity contribution in [1.82, 2.24) is 15.1 Å². The molecule has 5 heteroatoms. The van der Waals surface area contributed by atoms with Crippen LogP contribution in [0.25, 0.3) is 22.3 Å². The van der Waals surface area contributed by atoms with E-state index >= 15 is 0 Å². The Morgan fingerprint density at radius 1 is 0.926 bits per heavy atom. The van der Waals surface area contributed by atoms with Crippen molar-refractivity contribution in [3.8, 4) is 11.4 Å². The number of benzene rings is 2. The van der Waals surface area contributed by atoms with Crippen LogP contribution in [-0.2, 0) is 6.42 Å². The molecule has 0 aliphatic heterocycles. The standard InChI is InChI=1S/C22H22N4O/c1-15-18(16(2)27-26-15)12-8-14-23-22-19-11-6-7-13-20(19)24-21(25-22)17-9-4-3-5-10-17/h3-7,9-11,13H,8,12,14H2,1-2H3,(H,23,24,25). The molecule has 0 unspecified atom stereocenters. The summed E-state index contributed by atoms with van der Waals surface area (Å²) in [6.07, 6.45) is 1.91. The van der Waals surface area contributed by atoms with E-state index in [0.29, 0.717) is 0 Å². The number of fused-ring (bicyclic) bond motifs is 1. The molecule has 4 aromatic rings. The zero-order valence-electron chi connectivity index (χ0n) is 15.6. The normalized spacial score (nSPS) is 11.0. The van der Waals surface area contributed by atoms with Crippen LogP contribution in [0.1, 0.15) is 23.4 Å². The summed E-state index contributed by atoms with van der Waals surface area (Å²) in [6, 6.07) is 18.2. The summed E-state index contributed by atoms with van der Waals surface area (Å²) in [7, 11) is 0. The number of nitrogens with one attached hydrogen (secondary N) is 1. The van der Waals surface area contributed by atoms with Gasteiger partial charge in [0, 0.05) is 23.1 Å². The lowest BCUT2D eigenvalue weighted by Crippen LogP contribution is -2.07. The van der Waals surface area contributed by atoms with Crippen molar-refractivity contribution in [3.05, 3.63) is 71.6 Å². The molecule has 0 saturated heterocycles. The van der Waals surface area contributed by atoms with Crippen LogP contribution in [0.3, 0.4) is 0 Å². The second-order valence-electron chi connectivity index (χ2n) is 6.61. The van der Waals surface area contributed by atoms with Crippen LogP contribution >= 0.6 is 0 Å². The van der Waals surface area contributed by atoms with E-state index in [1.807, 2.05) is 62.4 Å². The van der Waals surface area contributed by atoms with Crippen molar-refractivity contribution in [3.63, 3.8) is 0 Å². The second kappa shape index (κ2) is 7.58. The van der Waals surface area contributed by atoms with Gasteiger partial charge in [-0.2, -0.15) is 0 Å². The van der Waals surface area contributed by atoms with Gasteiger partial charge >= 0.3 is 0 Å². The Kier molecular flexibility index (Phi) is 4.83. The molecule has 5 nitrogen and oxygen atoms in total. The summed E-state index contributed by atoms with van der Waals surface area (Å²) in [5, 5.41) is 8.56. The fraction of sp³-hybridized carbons (Fsp3) is 0.227. The molecule has 136 valence electrons. The Morgan fingerprint density at radius 2 is 1.70 bits per heavy atom. The molecule has 27 heavy (non-hydrogen) atoms. The molecule has 0 saturated carbocycles. The highest BCUT2D eigenvalue weighted by Crippen LogP contribution is 2.25. The molecule has 2 heterocycles. The molecule has 2 aromatic carbocycles. The van der Waals surface area contributed by atoms with E-state index < -0.39 is 0 Å². The maximum atomic E-state index is 5.24. The molecule has 0 aliphatic rings. The lowest BCUT2D eigenvalue weighted by atomic mass is 10.1. The van der Waals surface area contributed by atoms with E-state index in [-0.39, 0.29) is 0 Å². The summed E-state index contributed by atoms with van der Waals surface area (Å²) < 4.78 is 5.24. The van der Waals surface area contributed by atoms with Gasteiger partial charge in [-0.05, 0) is 38.8 Å². The smallest absolute Gasteiger partial charge is 0.162 e. The lowest BCUT2D eigenvalue weighted by Gasteiger charge is -2.11. The summed E-state index contributed by atoms with van der Waals surface area (Å²) >= 11 is 0. The number of hydrogen-bond donors (Lipinski definition) is 1. The quantitative estimate of drug-likeness (QED) is 0.494. The highest BCUT2D eigenvalue weighted by Gasteiger charge is 2.10. The average Bonchev–Trinajstić information content (AvgIpc) is 3.03. The van der Waals surface area contributed by atoms with Gasteiger partial charge in [0.05, 0.1) is 11.2 Å². The van der Waals surface area contributed by atoms with Crippen LogP contribution < -0.4 is 5.32 Å². The van der Waals surface area contributed by atoms with Gasteiger partial charge in [0.15, 0.2) is 5.82 Å². The van der Waals surface area contributed by atoms with E-state index in [1.54, 1.807) is 0 Å². The van der Waals surface area contributed by atoms with Crippen LogP contribution in [0.2, 0.25) is 0 Å². The van der Waals surface area contributed by atoms with Gasteiger partial charge < -0.3 is 9.84 Å². The molecule has 0 aliphatic carbocycles. The third-order valence-electron chi connectivity index (χ3n) is 4.71. The first-order valence-corrected chi connectivity index (χ1v) is 9.20. The van der Waals surface area contributed by atoms with Crippen molar-refractivity contribution < 1.29 is 4.52 Å². The average molecular weight is 358 g/mol. The summed E-state index contributed by atoms with van der Waals surface area (Å²) in [5.41, 5.74) is 4.14. The van der Waals surface area contributed by atoms with Crippen molar-refractivity contribution in [1.29, 1.82) is 0 Å². The maximum absolute atomic E-state index is 5.24. The minimum Gasteiger partial charge on any atom is -0.369 e. The fourth-order valence-corrected chi connectivity index (χ4v) is 3.26. The van der Waals surface area contributed by atoms with Crippen LogP contribution in [-0.4, -0.2) is 21.7 Å². The van der Waals surface area contributed by atoms with Crippen LogP contribution in [0.4, 0.5) is 5.82 Å². The Bertz CT molecular complexity index is 1040. The van der Waals surface area contributed by atoms with Crippen LogP contribution in [0, 0.1) is 13.8 Å². The van der Waals surface area contributed by atoms with Gasteiger partial charge in [-0.3, -0.25) is 0 Å². The van der Waals surface area contributed by atoms with E-state index in [9.17, 15) is 0 Å². The summed E-state index contributed by atoms with van der Waals surface area (Å²) in [4.78, 5) is 9.51. The van der Waals surface area contributed by atoms with Crippen LogP contribution in [0.5, 0.6) is 0 Å².